The summed E-state index contributed by atoms with van der Waals surface area (Å²) in [5.74, 6) is -0.574. The molecule has 1 heterocycles. The zero-order valence-corrected chi connectivity index (χ0v) is 19.3. The summed E-state index contributed by atoms with van der Waals surface area (Å²) in [4.78, 5) is 16.4. The van der Waals surface area contributed by atoms with E-state index in [9.17, 15) is 13.2 Å². The van der Waals surface area contributed by atoms with Gasteiger partial charge in [-0.1, -0.05) is 45.7 Å². The van der Waals surface area contributed by atoms with Crippen LogP contribution in [0.5, 0.6) is 0 Å². The van der Waals surface area contributed by atoms with Crippen molar-refractivity contribution < 1.29 is 13.2 Å². The van der Waals surface area contributed by atoms with E-state index in [1.807, 2.05) is 0 Å². The highest BCUT2D eigenvalue weighted by Gasteiger charge is 2.27. The summed E-state index contributed by atoms with van der Waals surface area (Å²) >= 11 is 9.23. The number of carbonyl (C=O) groups excluding carboxylic acids is 1. The van der Waals surface area contributed by atoms with E-state index in [0.717, 1.165) is 14.3 Å². The topological polar surface area (TPSA) is 91.7 Å². The van der Waals surface area contributed by atoms with Crippen LogP contribution in [-0.2, 0) is 21.4 Å². The number of pyridine rings is 1. The van der Waals surface area contributed by atoms with Gasteiger partial charge in [0, 0.05) is 34.0 Å². The van der Waals surface area contributed by atoms with Gasteiger partial charge in [0.15, 0.2) is 0 Å². The lowest BCUT2D eigenvalue weighted by Gasteiger charge is -2.21. The van der Waals surface area contributed by atoms with Gasteiger partial charge >= 0.3 is 0 Å². The van der Waals surface area contributed by atoms with E-state index in [4.69, 9.17) is 11.6 Å². The minimum atomic E-state index is -3.96. The second-order valence-corrected chi connectivity index (χ2v) is 9.72. The number of rotatable bonds is 8. The smallest absolute Gasteiger partial charge is 0.255 e. The fraction of sp³-hybridized carbons (Fsp3) is 0.0952. The van der Waals surface area contributed by atoms with Gasteiger partial charge in [-0.05, 0) is 48.0 Å². The first-order valence-corrected chi connectivity index (χ1v) is 11.7. The van der Waals surface area contributed by atoms with Gasteiger partial charge in [0.05, 0.1) is 17.7 Å². The van der Waals surface area contributed by atoms with Crippen molar-refractivity contribution in [3.63, 3.8) is 0 Å². The fourth-order valence-electron chi connectivity index (χ4n) is 2.60. The largest absolute Gasteiger partial charge is 0.272 e. The average molecular weight is 522 g/mol. The molecule has 0 fully saturated rings. The number of hydrogen-bond acceptors (Lipinski definition) is 5. The number of amides is 1. The number of hydrazone groups is 1. The number of halogens is 2. The van der Waals surface area contributed by atoms with E-state index in [2.05, 4.69) is 31.4 Å². The molecule has 0 saturated heterocycles. The van der Waals surface area contributed by atoms with Crippen LogP contribution >= 0.6 is 27.5 Å². The number of nitrogens with zero attached hydrogens (tertiary/aromatic N) is 3. The molecule has 0 bridgehead atoms. The molecule has 31 heavy (non-hydrogen) atoms. The molecule has 0 aliphatic carbocycles. The highest BCUT2D eigenvalue weighted by atomic mass is 79.9. The molecule has 0 spiro atoms. The highest BCUT2D eigenvalue weighted by Crippen LogP contribution is 2.21. The Labute approximate surface area is 193 Å². The molecule has 7 nitrogen and oxygen atoms in total. The van der Waals surface area contributed by atoms with Crippen LogP contribution in [0, 0.1) is 0 Å². The molecule has 1 N–H and O–H groups in total. The summed E-state index contributed by atoms with van der Waals surface area (Å²) in [5, 5.41) is 4.29. The van der Waals surface area contributed by atoms with Crippen LogP contribution < -0.4 is 5.43 Å². The Morgan fingerprint density at radius 2 is 1.84 bits per heavy atom. The third kappa shape index (κ3) is 6.70. The van der Waals surface area contributed by atoms with Crippen molar-refractivity contribution in [2.24, 2.45) is 5.10 Å². The van der Waals surface area contributed by atoms with Gasteiger partial charge in [-0.3, -0.25) is 9.78 Å². The maximum absolute atomic E-state index is 13.2. The van der Waals surface area contributed by atoms with Crippen LogP contribution in [0.2, 0.25) is 5.02 Å². The first-order valence-electron chi connectivity index (χ1n) is 9.07. The first-order chi connectivity index (χ1) is 14.8. The van der Waals surface area contributed by atoms with Gasteiger partial charge in [0.25, 0.3) is 5.91 Å². The summed E-state index contributed by atoms with van der Waals surface area (Å²) in [6.07, 6.45) is 4.63. The van der Waals surface area contributed by atoms with Crippen LogP contribution in [0.15, 0.2) is 87.5 Å². The second-order valence-electron chi connectivity index (χ2n) is 6.43. The number of sulfonamides is 1. The molecule has 0 unspecified atom stereocenters. The molecule has 0 radical (unpaired) electrons. The summed E-state index contributed by atoms with van der Waals surface area (Å²) in [6.45, 7) is -0.399. The van der Waals surface area contributed by atoms with Crippen LogP contribution in [-0.4, -0.2) is 36.4 Å². The summed E-state index contributed by atoms with van der Waals surface area (Å²) in [7, 11) is -3.96. The van der Waals surface area contributed by atoms with Crippen LogP contribution in [0.1, 0.15) is 11.1 Å². The average Bonchev–Trinajstić information content (AvgIpc) is 2.76. The number of nitrogens with one attached hydrogen (secondary N) is 1. The predicted molar refractivity (Wildman–Crippen MR) is 123 cm³/mol. The Bertz CT molecular complexity index is 1160. The highest BCUT2D eigenvalue weighted by molar-refractivity contribution is 9.10. The summed E-state index contributed by atoms with van der Waals surface area (Å²) < 4.78 is 28.3. The van der Waals surface area contributed by atoms with Crippen molar-refractivity contribution in [3.8, 4) is 0 Å². The van der Waals surface area contributed by atoms with Crippen molar-refractivity contribution in [2.45, 2.75) is 11.4 Å². The third-order valence-electron chi connectivity index (χ3n) is 4.13. The Morgan fingerprint density at radius 3 is 2.48 bits per heavy atom. The number of benzene rings is 2. The number of carbonyl (C=O) groups is 1. The van der Waals surface area contributed by atoms with Gasteiger partial charge in [0.1, 0.15) is 0 Å². The lowest BCUT2D eigenvalue weighted by Crippen LogP contribution is -2.39. The summed E-state index contributed by atoms with van der Waals surface area (Å²) in [6, 6.07) is 16.5. The van der Waals surface area contributed by atoms with Crippen molar-refractivity contribution in [2.75, 3.05) is 6.54 Å². The molecule has 3 rings (SSSR count). The molecule has 1 aromatic heterocycles. The van der Waals surface area contributed by atoms with Gasteiger partial charge < -0.3 is 0 Å². The standard InChI is InChI=1S/C21H18BrClN4O3S/c22-18-5-3-16(4-6-18)14-27(31(29,30)20-9-7-19(23)8-10-20)15-21(28)26-25-13-17-2-1-11-24-12-17/h1-13H,14-15H2,(H,26,28)/b25-13-. The van der Waals surface area contributed by atoms with Gasteiger partial charge in [-0.25, -0.2) is 13.8 Å². The maximum Gasteiger partial charge on any atom is 0.255 e. The van der Waals surface area contributed by atoms with Crippen LogP contribution in [0.3, 0.4) is 0 Å². The molecular weight excluding hydrogens is 504 g/mol. The van der Waals surface area contributed by atoms with E-state index in [0.29, 0.717) is 10.6 Å². The van der Waals surface area contributed by atoms with E-state index >= 15 is 0 Å². The molecule has 3 aromatic rings. The van der Waals surface area contributed by atoms with Crippen molar-refractivity contribution in [1.82, 2.24) is 14.7 Å². The Hall–Kier alpha value is -2.59. The van der Waals surface area contributed by atoms with Crippen LogP contribution in [0.4, 0.5) is 0 Å². The molecule has 10 heteroatoms. The second kappa shape index (κ2) is 10.6. The van der Waals surface area contributed by atoms with Crippen LogP contribution in [0.25, 0.3) is 0 Å². The van der Waals surface area contributed by atoms with Crippen molar-refractivity contribution in [3.05, 3.63) is 93.7 Å². The molecule has 1 amide bonds. The van der Waals surface area contributed by atoms with E-state index in [1.165, 1.54) is 30.5 Å². The fourth-order valence-corrected chi connectivity index (χ4v) is 4.38. The Morgan fingerprint density at radius 1 is 1.13 bits per heavy atom. The predicted octanol–water partition coefficient (Wildman–Crippen LogP) is 3.84. The Kier molecular flexibility index (Phi) is 7.91. The monoisotopic (exact) mass is 520 g/mol. The first kappa shape index (κ1) is 23.1. The SMILES string of the molecule is O=C(CN(Cc1ccc(Br)cc1)S(=O)(=O)c1ccc(Cl)cc1)N/N=C\c1cccnc1. The third-order valence-corrected chi connectivity index (χ3v) is 6.72. The van der Waals surface area contributed by atoms with Gasteiger partial charge in [0.2, 0.25) is 10.0 Å². The molecule has 0 saturated carbocycles. The lowest BCUT2D eigenvalue weighted by molar-refractivity contribution is -0.121. The molecule has 0 aliphatic heterocycles. The lowest BCUT2D eigenvalue weighted by atomic mass is 10.2. The molecule has 0 aliphatic rings. The number of hydrogen-bond donors (Lipinski definition) is 1. The van der Waals surface area contributed by atoms with Gasteiger partial charge in [-0.2, -0.15) is 9.41 Å². The minimum absolute atomic E-state index is 0.0119. The maximum atomic E-state index is 13.2. The molecule has 160 valence electrons. The Balaban J connectivity index is 1.79. The molecular formula is C21H18BrClN4O3S. The molecule has 2 aromatic carbocycles. The zero-order valence-electron chi connectivity index (χ0n) is 16.2. The van der Waals surface area contributed by atoms with Gasteiger partial charge in [-0.15, -0.1) is 0 Å². The van der Waals surface area contributed by atoms with Crippen molar-refractivity contribution in [1.29, 1.82) is 0 Å². The normalized spacial score (nSPS) is 11.7. The number of aromatic nitrogens is 1. The van der Waals surface area contributed by atoms with E-state index in [-0.39, 0.29) is 11.4 Å². The quantitative estimate of drug-likeness (QED) is 0.360. The van der Waals surface area contributed by atoms with E-state index < -0.39 is 22.5 Å². The summed E-state index contributed by atoms with van der Waals surface area (Å²) in [5.41, 5.74) is 3.78. The van der Waals surface area contributed by atoms with E-state index in [1.54, 1.807) is 48.8 Å². The molecule has 0 atom stereocenters. The van der Waals surface area contributed by atoms with Crippen molar-refractivity contribution >= 4 is 49.7 Å². The zero-order chi connectivity index (χ0) is 22.3. The minimum Gasteiger partial charge on any atom is -0.272 e.